The van der Waals surface area contributed by atoms with Gasteiger partial charge in [-0.2, -0.15) is 0 Å². The van der Waals surface area contributed by atoms with Crippen molar-refractivity contribution in [1.82, 2.24) is 0 Å². The van der Waals surface area contributed by atoms with Gasteiger partial charge in [-0.15, -0.1) is 11.3 Å². The van der Waals surface area contributed by atoms with Crippen LogP contribution in [0.15, 0.2) is 194 Å². The fraction of sp³-hybridized carbons (Fsp3) is 0.138. The van der Waals surface area contributed by atoms with Crippen LogP contribution in [0.2, 0.25) is 0 Å². The van der Waals surface area contributed by atoms with Crippen molar-refractivity contribution in [3.63, 3.8) is 0 Å². The highest BCUT2D eigenvalue weighted by Crippen LogP contribution is 2.52. The molecular formula is C58H48BN3S. The van der Waals surface area contributed by atoms with Crippen LogP contribution in [0.4, 0.5) is 51.2 Å². The van der Waals surface area contributed by atoms with E-state index in [0.717, 1.165) is 22.7 Å². The summed E-state index contributed by atoms with van der Waals surface area (Å²) >= 11 is 1.96. The Hall–Kier alpha value is -6.82. The van der Waals surface area contributed by atoms with Crippen LogP contribution in [0.25, 0.3) is 21.2 Å². The highest BCUT2D eigenvalue weighted by Gasteiger charge is 2.46. The number of fused-ring (bicyclic) bond motifs is 7. The van der Waals surface area contributed by atoms with E-state index >= 15 is 0 Å². The minimum absolute atomic E-state index is 0.0268. The molecule has 0 saturated carbocycles. The number of thiophene rings is 1. The SMILES string of the molecule is CC1(C)CCC(C)(C)c2cc(N3c4cccc5c4B(c4ccc(N(c6ccccc6)c6ccccc6)cc4N5c4ccccc4-c4ccccc4)c4sc5ccccc5c43)ccc21. The highest BCUT2D eigenvalue weighted by molar-refractivity contribution is 7.33. The van der Waals surface area contributed by atoms with Gasteiger partial charge >= 0.3 is 0 Å². The Labute approximate surface area is 375 Å². The van der Waals surface area contributed by atoms with E-state index in [4.69, 9.17) is 0 Å². The van der Waals surface area contributed by atoms with Crippen molar-refractivity contribution in [2.45, 2.75) is 51.4 Å². The summed E-state index contributed by atoms with van der Waals surface area (Å²) in [5.41, 5.74) is 18.9. The maximum Gasteiger partial charge on any atom is 0.264 e. The Bertz CT molecular complexity index is 3170. The summed E-state index contributed by atoms with van der Waals surface area (Å²) in [7, 11) is 0. The number of nitrogens with zero attached hydrogens (tertiary/aromatic N) is 3. The Morgan fingerprint density at radius 3 is 1.83 bits per heavy atom. The van der Waals surface area contributed by atoms with Crippen molar-refractivity contribution >= 4 is 95.0 Å². The molecule has 304 valence electrons. The van der Waals surface area contributed by atoms with Gasteiger partial charge in [0, 0.05) is 60.2 Å². The van der Waals surface area contributed by atoms with Crippen molar-refractivity contribution in [3.8, 4) is 11.1 Å². The zero-order valence-electron chi connectivity index (χ0n) is 36.2. The lowest BCUT2D eigenvalue weighted by atomic mass is 9.36. The molecule has 63 heavy (non-hydrogen) atoms. The van der Waals surface area contributed by atoms with Gasteiger partial charge in [0.1, 0.15) is 0 Å². The minimum Gasteiger partial charge on any atom is -0.311 e. The maximum absolute atomic E-state index is 2.62. The predicted octanol–water partition coefficient (Wildman–Crippen LogP) is 14.5. The molecule has 1 aromatic heterocycles. The summed E-state index contributed by atoms with van der Waals surface area (Å²) in [6.07, 6.45) is 2.37. The lowest BCUT2D eigenvalue weighted by Crippen LogP contribution is -2.60. The molecule has 3 heterocycles. The van der Waals surface area contributed by atoms with E-state index in [1.807, 2.05) is 11.3 Å². The molecule has 8 aromatic carbocycles. The van der Waals surface area contributed by atoms with Gasteiger partial charge in [0.25, 0.3) is 6.71 Å². The fourth-order valence-electron chi connectivity index (χ4n) is 10.9. The average molecular weight is 830 g/mol. The van der Waals surface area contributed by atoms with Crippen molar-refractivity contribution in [1.29, 1.82) is 0 Å². The molecule has 0 amide bonds. The first kappa shape index (κ1) is 37.9. The molecule has 0 radical (unpaired) electrons. The highest BCUT2D eigenvalue weighted by atomic mass is 32.1. The monoisotopic (exact) mass is 829 g/mol. The molecule has 5 heteroatoms. The van der Waals surface area contributed by atoms with Crippen LogP contribution in [0, 0.1) is 0 Å². The summed E-state index contributed by atoms with van der Waals surface area (Å²) in [4.78, 5) is 7.58. The molecule has 1 aliphatic carbocycles. The first-order chi connectivity index (χ1) is 30.8. The lowest BCUT2D eigenvalue weighted by molar-refractivity contribution is 0.332. The summed E-state index contributed by atoms with van der Waals surface area (Å²) < 4.78 is 2.71. The van der Waals surface area contributed by atoms with Crippen LogP contribution < -0.4 is 30.4 Å². The van der Waals surface area contributed by atoms with Gasteiger partial charge in [-0.1, -0.05) is 149 Å². The fourth-order valence-corrected chi connectivity index (χ4v) is 12.2. The summed E-state index contributed by atoms with van der Waals surface area (Å²) in [5.74, 6) is 0. The van der Waals surface area contributed by atoms with Gasteiger partial charge in [-0.05, 0) is 124 Å². The Balaban J connectivity index is 1.15. The smallest absolute Gasteiger partial charge is 0.264 e. The van der Waals surface area contributed by atoms with Gasteiger partial charge in [0.2, 0.25) is 0 Å². The third-order valence-corrected chi connectivity index (χ3v) is 15.3. The van der Waals surface area contributed by atoms with Crippen LogP contribution in [0.1, 0.15) is 51.7 Å². The average Bonchev–Trinajstić information content (AvgIpc) is 3.71. The molecule has 0 atom stereocenters. The third-order valence-electron chi connectivity index (χ3n) is 14.1. The van der Waals surface area contributed by atoms with Gasteiger partial charge in [0.05, 0.1) is 11.4 Å². The number of para-hydroxylation sites is 3. The minimum atomic E-state index is 0.0268. The Kier molecular flexibility index (Phi) is 8.65. The van der Waals surface area contributed by atoms with E-state index < -0.39 is 0 Å². The van der Waals surface area contributed by atoms with E-state index in [9.17, 15) is 0 Å². The molecule has 0 fully saturated rings. The van der Waals surface area contributed by atoms with E-state index in [1.165, 1.54) is 89.3 Å². The molecule has 0 bridgehead atoms. The second-order valence-electron chi connectivity index (χ2n) is 18.8. The zero-order chi connectivity index (χ0) is 42.5. The van der Waals surface area contributed by atoms with Crippen molar-refractivity contribution in [2.24, 2.45) is 0 Å². The predicted molar refractivity (Wildman–Crippen MR) is 271 cm³/mol. The van der Waals surface area contributed by atoms with Crippen molar-refractivity contribution < 1.29 is 0 Å². The topological polar surface area (TPSA) is 9.72 Å². The maximum atomic E-state index is 2.62. The molecular weight excluding hydrogens is 782 g/mol. The molecule has 2 aliphatic heterocycles. The van der Waals surface area contributed by atoms with Crippen LogP contribution >= 0.6 is 11.3 Å². The van der Waals surface area contributed by atoms with E-state index in [1.54, 1.807) is 0 Å². The van der Waals surface area contributed by atoms with E-state index in [0.29, 0.717) is 0 Å². The third kappa shape index (κ3) is 5.93. The summed E-state index contributed by atoms with van der Waals surface area (Å²) in [6, 6.07) is 72.1. The van der Waals surface area contributed by atoms with Crippen LogP contribution in [0.5, 0.6) is 0 Å². The van der Waals surface area contributed by atoms with Crippen LogP contribution in [0.3, 0.4) is 0 Å². The van der Waals surface area contributed by atoms with E-state index in [-0.39, 0.29) is 17.5 Å². The molecule has 3 nitrogen and oxygen atoms in total. The quantitative estimate of drug-likeness (QED) is 0.155. The molecule has 0 saturated heterocycles. The van der Waals surface area contributed by atoms with Gasteiger partial charge in [0.15, 0.2) is 0 Å². The van der Waals surface area contributed by atoms with Crippen LogP contribution in [-0.2, 0) is 10.8 Å². The molecule has 12 rings (SSSR count). The summed E-state index contributed by atoms with van der Waals surface area (Å²) in [5, 5.41) is 1.31. The largest absolute Gasteiger partial charge is 0.311 e. The number of benzene rings is 8. The number of rotatable bonds is 6. The Morgan fingerprint density at radius 1 is 0.492 bits per heavy atom. The second kappa shape index (κ2) is 14.4. The molecule has 0 spiro atoms. The van der Waals surface area contributed by atoms with E-state index in [2.05, 4.69) is 237 Å². The standard InChI is InChI=1S/C58H48BN3S/c1-57(2)35-36-58(3,4)47-37-42(31-33-46(47)57)61-50-28-18-29-51-54(50)59(56-55(61)45-26-15-17-30-53(45)63-56)48-34-32-43(60(40-21-10-6-11-22-40)41-23-12-7-13-24-41)38-52(48)62(51)49-27-16-14-25-44(49)39-19-8-5-9-20-39/h5-34,37-38H,35-36H2,1-4H3. The molecule has 9 aromatic rings. The zero-order valence-corrected chi connectivity index (χ0v) is 37.0. The van der Waals surface area contributed by atoms with Crippen molar-refractivity contribution in [2.75, 3.05) is 14.7 Å². The number of hydrogen-bond acceptors (Lipinski definition) is 4. The lowest BCUT2D eigenvalue weighted by Gasteiger charge is -2.45. The van der Waals surface area contributed by atoms with Gasteiger partial charge in [-0.25, -0.2) is 0 Å². The second-order valence-corrected chi connectivity index (χ2v) is 19.8. The summed E-state index contributed by atoms with van der Waals surface area (Å²) in [6.45, 7) is 9.76. The van der Waals surface area contributed by atoms with Crippen molar-refractivity contribution in [3.05, 3.63) is 205 Å². The Morgan fingerprint density at radius 2 is 1.10 bits per heavy atom. The number of anilines is 9. The van der Waals surface area contributed by atoms with Crippen LogP contribution in [-0.4, -0.2) is 6.71 Å². The first-order valence-electron chi connectivity index (χ1n) is 22.4. The first-order valence-corrected chi connectivity index (χ1v) is 23.2. The molecule has 3 aliphatic rings. The molecule has 0 N–H and O–H groups in total. The van der Waals surface area contributed by atoms with Gasteiger partial charge < -0.3 is 14.7 Å². The van der Waals surface area contributed by atoms with Gasteiger partial charge in [-0.3, -0.25) is 0 Å². The normalized spacial score (nSPS) is 15.3. The number of hydrogen-bond donors (Lipinski definition) is 0. The molecule has 0 unspecified atom stereocenters.